The lowest BCUT2D eigenvalue weighted by atomic mass is 9.90. The summed E-state index contributed by atoms with van der Waals surface area (Å²) in [5, 5.41) is 0.749. The molecule has 0 spiro atoms. The molecule has 2 atom stereocenters. The molecule has 5 heteroatoms. The Morgan fingerprint density at radius 2 is 2.17 bits per heavy atom. The van der Waals surface area contributed by atoms with Gasteiger partial charge in [-0.3, -0.25) is 9.98 Å². The quantitative estimate of drug-likeness (QED) is 0.793. The highest BCUT2D eigenvalue weighted by molar-refractivity contribution is 6.31. The number of piperazine rings is 1. The topological polar surface area (TPSA) is 31.2 Å². The number of anilines is 1. The Morgan fingerprint density at radius 1 is 1.30 bits per heavy atom. The van der Waals surface area contributed by atoms with E-state index in [-0.39, 0.29) is 5.54 Å². The molecule has 0 saturated carbocycles. The average Bonchev–Trinajstić information content (AvgIpc) is 2.89. The van der Waals surface area contributed by atoms with Gasteiger partial charge in [-0.15, -0.1) is 0 Å². The summed E-state index contributed by atoms with van der Waals surface area (Å²) in [7, 11) is 2.18. The third kappa shape index (κ3) is 2.50. The van der Waals surface area contributed by atoms with Crippen LogP contribution in [0, 0.1) is 0 Å². The van der Waals surface area contributed by atoms with Crippen molar-refractivity contribution in [2.75, 3.05) is 38.1 Å². The van der Waals surface area contributed by atoms with Gasteiger partial charge in [0, 0.05) is 42.1 Å². The number of aliphatic imine (C=N–C) groups is 2. The van der Waals surface area contributed by atoms with Crippen LogP contribution in [0.25, 0.3) is 0 Å². The molecule has 3 aliphatic heterocycles. The fraction of sp³-hybridized carbons (Fsp3) is 0.444. The molecule has 2 unspecified atom stereocenters. The van der Waals surface area contributed by atoms with E-state index in [1.165, 1.54) is 5.69 Å². The molecular formula is C18H21ClN4. The number of nitrogens with zero attached hydrogens (tertiary/aromatic N) is 4. The summed E-state index contributed by atoms with van der Waals surface area (Å²) in [6.45, 7) is 6.05. The lowest BCUT2D eigenvalue weighted by Crippen LogP contribution is -2.53. The summed E-state index contributed by atoms with van der Waals surface area (Å²) in [4.78, 5) is 14.5. The Labute approximate surface area is 142 Å². The van der Waals surface area contributed by atoms with Gasteiger partial charge in [0.25, 0.3) is 0 Å². The Balaban J connectivity index is 1.86. The highest BCUT2D eigenvalue weighted by Gasteiger charge is 2.36. The number of fused-ring (bicyclic) bond motifs is 3. The number of hydrogen-bond acceptors (Lipinski definition) is 4. The first-order valence-corrected chi connectivity index (χ1v) is 8.48. The molecule has 0 N–H and O–H groups in total. The van der Waals surface area contributed by atoms with Crippen molar-refractivity contribution in [3.63, 3.8) is 0 Å². The number of halogens is 1. The van der Waals surface area contributed by atoms with Crippen LogP contribution in [0.1, 0.15) is 12.5 Å². The fourth-order valence-electron chi connectivity index (χ4n) is 3.76. The van der Waals surface area contributed by atoms with Crippen LogP contribution < -0.4 is 4.90 Å². The van der Waals surface area contributed by atoms with E-state index in [0.29, 0.717) is 6.04 Å². The predicted molar refractivity (Wildman–Crippen MR) is 97.5 cm³/mol. The molecule has 0 aliphatic carbocycles. The number of allylic oxidation sites excluding steroid dienone is 1. The van der Waals surface area contributed by atoms with E-state index in [1.807, 2.05) is 24.4 Å². The minimum atomic E-state index is -0.389. The van der Waals surface area contributed by atoms with E-state index in [1.54, 1.807) is 0 Å². The van der Waals surface area contributed by atoms with Gasteiger partial charge in [-0.05, 0) is 44.3 Å². The van der Waals surface area contributed by atoms with Gasteiger partial charge in [-0.2, -0.15) is 0 Å². The molecule has 3 aliphatic rings. The summed E-state index contributed by atoms with van der Waals surface area (Å²) in [6.07, 6.45) is 5.98. The van der Waals surface area contributed by atoms with Crippen LogP contribution in [-0.4, -0.2) is 61.6 Å². The largest absolute Gasteiger partial charge is 0.364 e. The first kappa shape index (κ1) is 14.9. The van der Waals surface area contributed by atoms with Gasteiger partial charge in [-0.25, -0.2) is 0 Å². The molecule has 0 aromatic heterocycles. The van der Waals surface area contributed by atoms with E-state index in [2.05, 4.69) is 40.9 Å². The van der Waals surface area contributed by atoms with Crippen molar-refractivity contribution in [2.45, 2.75) is 18.5 Å². The molecule has 4 nitrogen and oxygen atoms in total. The van der Waals surface area contributed by atoms with Crippen molar-refractivity contribution < 1.29 is 0 Å². The maximum Gasteiger partial charge on any atom is 0.118 e. The SMILES string of the molecule is CN1CCN2c3ccc(Cl)cc3C(C3(C)C=CC=N3)=NCC2C1. The predicted octanol–water partition coefficient (Wildman–Crippen LogP) is 2.66. The summed E-state index contributed by atoms with van der Waals surface area (Å²) < 4.78 is 0. The van der Waals surface area contributed by atoms with E-state index >= 15 is 0 Å². The molecule has 120 valence electrons. The average molecular weight is 329 g/mol. The summed E-state index contributed by atoms with van der Waals surface area (Å²) in [5.41, 5.74) is 2.99. The van der Waals surface area contributed by atoms with Gasteiger partial charge in [-0.1, -0.05) is 11.6 Å². The van der Waals surface area contributed by atoms with Gasteiger partial charge < -0.3 is 9.80 Å². The van der Waals surface area contributed by atoms with Gasteiger partial charge >= 0.3 is 0 Å². The summed E-state index contributed by atoms with van der Waals surface area (Å²) in [5.74, 6) is 0. The molecule has 0 bridgehead atoms. The Hall–Kier alpha value is -1.65. The minimum absolute atomic E-state index is 0.389. The lowest BCUT2D eigenvalue weighted by Gasteiger charge is -2.40. The molecule has 4 rings (SSSR count). The van der Waals surface area contributed by atoms with Gasteiger partial charge in [0.1, 0.15) is 5.54 Å². The van der Waals surface area contributed by atoms with E-state index < -0.39 is 0 Å². The number of hydrogen-bond donors (Lipinski definition) is 0. The third-order valence-electron chi connectivity index (χ3n) is 5.00. The van der Waals surface area contributed by atoms with Gasteiger partial charge in [0.15, 0.2) is 0 Å². The monoisotopic (exact) mass is 328 g/mol. The third-order valence-corrected chi connectivity index (χ3v) is 5.23. The fourth-order valence-corrected chi connectivity index (χ4v) is 3.93. The van der Waals surface area contributed by atoms with Crippen LogP contribution >= 0.6 is 11.6 Å². The molecule has 23 heavy (non-hydrogen) atoms. The first-order chi connectivity index (χ1) is 11.1. The molecule has 3 heterocycles. The smallest absolute Gasteiger partial charge is 0.118 e. The second kappa shape index (κ2) is 5.46. The van der Waals surface area contributed by atoms with E-state index in [0.717, 1.165) is 42.5 Å². The van der Waals surface area contributed by atoms with Crippen molar-refractivity contribution in [2.24, 2.45) is 9.98 Å². The first-order valence-electron chi connectivity index (χ1n) is 8.10. The number of benzene rings is 1. The molecule has 0 radical (unpaired) electrons. The van der Waals surface area contributed by atoms with Crippen molar-refractivity contribution in [3.05, 3.63) is 40.9 Å². The normalized spacial score (nSPS) is 30.0. The second-order valence-corrected chi connectivity index (χ2v) is 7.18. The van der Waals surface area contributed by atoms with Crippen LogP contribution in [0.15, 0.2) is 40.3 Å². The summed E-state index contributed by atoms with van der Waals surface area (Å²) in [6, 6.07) is 6.57. The highest BCUT2D eigenvalue weighted by Crippen LogP contribution is 2.35. The van der Waals surface area contributed by atoms with Gasteiger partial charge in [0.2, 0.25) is 0 Å². The Kier molecular flexibility index (Phi) is 3.54. The van der Waals surface area contributed by atoms with Crippen molar-refractivity contribution in [1.82, 2.24) is 4.90 Å². The molecular weight excluding hydrogens is 308 g/mol. The van der Waals surface area contributed by atoms with Crippen LogP contribution in [0.2, 0.25) is 5.02 Å². The standard InChI is InChI=1S/C18H21ClN4/c1-18(6-3-7-21-18)17-15-10-13(19)4-5-16(15)23-9-8-22(2)12-14(23)11-20-17/h3-7,10,14H,8-9,11-12H2,1-2H3. The van der Waals surface area contributed by atoms with Crippen molar-refractivity contribution >= 4 is 29.2 Å². The van der Waals surface area contributed by atoms with E-state index in [9.17, 15) is 0 Å². The number of rotatable bonds is 1. The van der Waals surface area contributed by atoms with Crippen molar-refractivity contribution in [3.8, 4) is 0 Å². The van der Waals surface area contributed by atoms with Gasteiger partial charge in [0.05, 0.1) is 18.3 Å². The molecule has 1 aromatic carbocycles. The zero-order valence-corrected chi connectivity index (χ0v) is 14.3. The van der Waals surface area contributed by atoms with Crippen LogP contribution in [-0.2, 0) is 0 Å². The summed E-state index contributed by atoms with van der Waals surface area (Å²) >= 11 is 6.31. The Bertz CT molecular complexity index is 710. The second-order valence-electron chi connectivity index (χ2n) is 6.75. The molecule has 1 aromatic rings. The zero-order chi connectivity index (χ0) is 16.0. The molecule has 1 saturated heterocycles. The molecule has 1 fully saturated rings. The van der Waals surface area contributed by atoms with Crippen molar-refractivity contribution in [1.29, 1.82) is 0 Å². The molecule has 0 amide bonds. The van der Waals surface area contributed by atoms with Crippen LogP contribution in [0.4, 0.5) is 5.69 Å². The van der Waals surface area contributed by atoms with E-state index in [4.69, 9.17) is 16.6 Å². The zero-order valence-electron chi connectivity index (χ0n) is 13.5. The Morgan fingerprint density at radius 3 is 2.96 bits per heavy atom. The minimum Gasteiger partial charge on any atom is -0.364 e. The maximum absolute atomic E-state index is 6.31. The lowest BCUT2D eigenvalue weighted by molar-refractivity contribution is 0.270. The highest BCUT2D eigenvalue weighted by atomic mass is 35.5. The maximum atomic E-state index is 6.31. The van der Waals surface area contributed by atoms with Crippen LogP contribution in [0.3, 0.4) is 0 Å². The van der Waals surface area contributed by atoms with Crippen LogP contribution in [0.5, 0.6) is 0 Å². The number of likely N-dealkylation sites (N-methyl/N-ethyl adjacent to an activating group) is 1.